The quantitative estimate of drug-likeness (QED) is 0.729. The molecule has 5 nitrogen and oxygen atoms in total. The van der Waals surface area contributed by atoms with Crippen molar-refractivity contribution in [2.75, 3.05) is 19.0 Å². The van der Waals surface area contributed by atoms with Gasteiger partial charge in [0.15, 0.2) is 0 Å². The normalized spacial score (nSPS) is 9.64. The first-order valence-corrected chi connectivity index (χ1v) is 4.37. The van der Waals surface area contributed by atoms with E-state index in [-0.39, 0.29) is 5.97 Å². The molecule has 0 aromatic carbocycles. The highest BCUT2D eigenvalue weighted by atomic mass is 16.5. The van der Waals surface area contributed by atoms with E-state index in [1.165, 1.54) is 6.20 Å². The number of ether oxygens (including phenoxy) is 1. The van der Waals surface area contributed by atoms with E-state index in [4.69, 9.17) is 4.74 Å². The average Bonchev–Trinajstić information content (AvgIpc) is 2.17. The van der Waals surface area contributed by atoms with Crippen LogP contribution in [0.1, 0.15) is 23.0 Å². The van der Waals surface area contributed by atoms with Crippen LogP contribution in [0.25, 0.3) is 0 Å². The molecule has 1 rings (SSSR count). The summed E-state index contributed by atoms with van der Waals surface area (Å²) in [6.07, 6.45) is 1.46. The molecule has 1 N–H and O–H groups in total. The van der Waals surface area contributed by atoms with Gasteiger partial charge in [0.05, 0.1) is 17.9 Å². The molecule has 0 fully saturated rings. The molecular weight excluding hydrogens is 182 g/mol. The lowest BCUT2D eigenvalue weighted by atomic mass is 10.2. The van der Waals surface area contributed by atoms with Gasteiger partial charge in [-0.05, 0) is 13.8 Å². The Balaban J connectivity index is 2.94. The molecule has 0 saturated carbocycles. The maximum Gasteiger partial charge on any atom is 0.341 e. The van der Waals surface area contributed by atoms with Gasteiger partial charge in [0.2, 0.25) is 5.95 Å². The predicted molar refractivity (Wildman–Crippen MR) is 52.3 cm³/mol. The number of nitrogens with one attached hydrogen (secondary N) is 1. The third kappa shape index (κ3) is 2.18. The first kappa shape index (κ1) is 10.4. The van der Waals surface area contributed by atoms with Crippen molar-refractivity contribution < 1.29 is 9.53 Å². The number of aromatic nitrogens is 2. The molecule has 0 atom stereocenters. The lowest BCUT2D eigenvalue weighted by Crippen LogP contribution is -2.10. The number of hydrogen-bond donors (Lipinski definition) is 1. The van der Waals surface area contributed by atoms with Gasteiger partial charge in [0, 0.05) is 13.2 Å². The number of rotatable bonds is 3. The van der Waals surface area contributed by atoms with Gasteiger partial charge in [-0.15, -0.1) is 0 Å². The topological polar surface area (TPSA) is 64.1 Å². The third-order valence-corrected chi connectivity index (χ3v) is 1.70. The summed E-state index contributed by atoms with van der Waals surface area (Å²) in [5, 5.41) is 2.79. The van der Waals surface area contributed by atoms with E-state index in [2.05, 4.69) is 15.3 Å². The summed E-state index contributed by atoms with van der Waals surface area (Å²) in [6.45, 7) is 3.86. The predicted octanol–water partition coefficient (Wildman–Crippen LogP) is 1.00. The molecule has 1 aromatic rings. The molecular formula is C9H13N3O2. The zero-order valence-electron chi connectivity index (χ0n) is 8.50. The molecule has 0 aliphatic carbocycles. The van der Waals surface area contributed by atoms with Crippen LogP contribution in [0.4, 0.5) is 5.95 Å². The van der Waals surface area contributed by atoms with E-state index in [0.717, 1.165) is 0 Å². The van der Waals surface area contributed by atoms with E-state index in [1.54, 1.807) is 20.9 Å². The van der Waals surface area contributed by atoms with Crippen molar-refractivity contribution in [3.63, 3.8) is 0 Å². The molecule has 0 bridgehead atoms. The molecule has 0 saturated heterocycles. The largest absolute Gasteiger partial charge is 0.462 e. The van der Waals surface area contributed by atoms with Crippen molar-refractivity contribution >= 4 is 11.9 Å². The zero-order valence-corrected chi connectivity index (χ0v) is 8.50. The van der Waals surface area contributed by atoms with Crippen LogP contribution >= 0.6 is 0 Å². The minimum Gasteiger partial charge on any atom is -0.462 e. The maximum atomic E-state index is 11.3. The van der Waals surface area contributed by atoms with Gasteiger partial charge < -0.3 is 10.1 Å². The van der Waals surface area contributed by atoms with Gasteiger partial charge in [-0.1, -0.05) is 0 Å². The van der Waals surface area contributed by atoms with Crippen molar-refractivity contribution in [2.24, 2.45) is 0 Å². The summed E-state index contributed by atoms with van der Waals surface area (Å²) < 4.78 is 4.84. The number of aryl methyl sites for hydroxylation is 1. The van der Waals surface area contributed by atoms with Gasteiger partial charge in [-0.3, -0.25) is 0 Å². The Labute approximate surface area is 82.5 Å². The number of carbonyl (C=O) groups is 1. The summed E-state index contributed by atoms with van der Waals surface area (Å²) in [5.74, 6) is 0.114. The minimum absolute atomic E-state index is 0.353. The SMILES string of the molecule is CCOC(=O)c1cnc(NC)nc1C. The zero-order chi connectivity index (χ0) is 10.6. The fourth-order valence-corrected chi connectivity index (χ4v) is 0.997. The monoisotopic (exact) mass is 195 g/mol. The van der Waals surface area contributed by atoms with Gasteiger partial charge in [0.25, 0.3) is 0 Å². The highest BCUT2D eigenvalue weighted by molar-refractivity contribution is 5.90. The van der Waals surface area contributed by atoms with Crippen LogP contribution in [0, 0.1) is 6.92 Å². The number of carbonyl (C=O) groups excluding carboxylic acids is 1. The fourth-order valence-electron chi connectivity index (χ4n) is 0.997. The van der Waals surface area contributed by atoms with Crippen molar-refractivity contribution in [3.05, 3.63) is 17.5 Å². The van der Waals surface area contributed by atoms with Crippen LogP contribution in [0.3, 0.4) is 0 Å². The molecule has 0 unspecified atom stereocenters. The Kier molecular flexibility index (Phi) is 3.39. The summed E-state index contributed by atoms with van der Waals surface area (Å²) in [6, 6.07) is 0. The van der Waals surface area contributed by atoms with Crippen molar-refractivity contribution in [2.45, 2.75) is 13.8 Å². The molecule has 0 spiro atoms. The molecule has 1 aromatic heterocycles. The molecule has 0 amide bonds. The van der Waals surface area contributed by atoms with Crippen molar-refractivity contribution in [3.8, 4) is 0 Å². The minimum atomic E-state index is -0.382. The van der Waals surface area contributed by atoms with Crippen LogP contribution in [0.5, 0.6) is 0 Å². The highest BCUT2D eigenvalue weighted by Gasteiger charge is 2.11. The van der Waals surface area contributed by atoms with Crippen LogP contribution in [-0.2, 0) is 4.74 Å². The maximum absolute atomic E-state index is 11.3. The summed E-state index contributed by atoms with van der Waals surface area (Å²) in [4.78, 5) is 19.4. The van der Waals surface area contributed by atoms with Gasteiger partial charge in [-0.2, -0.15) is 0 Å². The smallest absolute Gasteiger partial charge is 0.341 e. The molecule has 5 heteroatoms. The van der Waals surface area contributed by atoms with Crippen LogP contribution in [-0.4, -0.2) is 29.6 Å². The van der Waals surface area contributed by atoms with Crippen molar-refractivity contribution in [1.82, 2.24) is 9.97 Å². The standard InChI is InChI=1S/C9H13N3O2/c1-4-14-8(13)7-5-11-9(10-3)12-6(7)2/h5H,4H2,1-3H3,(H,10,11,12). The van der Waals surface area contributed by atoms with Gasteiger partial charge in [-0.25, -0.2) is 14.8 Å². The number of nitrogens with zero attached hydrogens (tertiary/aromatic N) is 2. The first-order chi connectivity index (χ1) is 6.69. The Hall–Kier alpha value is -1.65. The molecule has 0 aliphatic heterocycles. The van der Waals surface area contributed by atoms with E-state index < -0.39 is 0 Å². The van der Waals surface area contributed by atoms with Gasteiger partial charge in [0.1, 0.15) is 0 Å². The third-order valence-electron chi connectivity index (χ3n) is 1.70. The number of esters is 1. The Morgan fingerprint density at radius 2 is 2.36 bits per heavy atom. The summed E-state index contributed by atoms with van der Waals surface area (Å²) in [5.41, 5.74) is 1.02. The Morgan fingerprint density at radius 3 is 2.86 bits per heavy atom. The molecule has 0 radical (unpaired) electrons. The lowest BCUT2D eigenvalue weighted by molar-refractivity contribution is 0.0524. The van der Waals surface area contributed by atoms with Crippen LogP contribution in [0.15, 0.2) is 6.20 Å². The molecule has 76 valence electrons. The van der Waals surface area contributed by atoms with E-state index >= 15 is 0 Å². The number of anilines is 1. The Morgan fingerprint density at radius 1 is 1.64 bits per heavy atom. The average molecular weight is 195 g/mol. The van der Waals surface area contributed by atoms with Crippen molar-refractivity contribution in [1.29, 1.82) is 0 Å². The van der Waals surface area contributed by atoms with Crippen LogP contribution < -0.4 is 5.32 Å². The first-order valence-electron chi connectivity index (χ1n) is 4.37. The lowest BCUT2D eigenvalue weighted by Gasteiger charge is -2.05. The van der Waals surface area contributed by atoms with E-state index in [9.17, 15) is 4.79 Å². The molecule has 0 aliphatic rings. The van der Waals surface area contributed by atoms with E-state index in [1.807, 2.05) is 0 Å². The Bertz CT molecular complexity index is 339. The van der Waals surface area contributed by atoms with E-state index in [0.29, 0.717) is 23.8 Å². The highest BCUT2D eigenvalue weighted by Crippen LogP contribution is 2.07. The second-order valence-electron chi connectivity index (χ2n) is 2.66. The van der Waals surface area contributed by atoms with Crippen LogP contribution in [0.2, 0.25) is 0 Å². The second kappa shape index (κ2) is 4.55. The number of hydrogen-bond acceptors (Lipinski definition) is 5. The summed E-state index contributed by atoms with van der Waals surface area (Å²) in [7, 11) is 1.72. The molecule has 14 heavy (non-hydrogen) atoms. The fraction of sp³-hybridized carbons (Fsp3) is 0.444. The second-order valence-corrected chi connectivity index (χ2v) is 2.66. The van der Waals surface area contributed by atoms with Gasteiger partial charge >= 0.3 is 5.97 Å². The summed E-state index contributed by atoms with van der Waals surface area (Å²) >= 11 is 0. The molecule has 1 heterocycles.